The van der Waals surface area contributed by atoms with E-state index in [0.717, 1.165) is 37.0 Å². The smallest absolute Gasteiger partial charge is 0.275 e. The van der Waals surface area contributed by atoms with Gasteiger partial charge in [0.2, 0.25) is 0 Å². The fourth-order valence-corrected chi connectivity index (χ4v) is 3.46. The van der Waals surface area contributed by atoms with Crippen molar-refractivity contribution in [1.29, 1.82) is 0 Å². The summed E-state index contributed by atoms with van der Waals surface area (Å²) in [7, 11) is 0. The average molecular weight is 363 g/mol. The summed E-state index contributed by atoms with van der Waals surface area (Å²) >= 11 is 6.13. The number of carbonyl (C=O) groups excluding carboxylic acids is 1. The first-order valence-corrected chi connectivity index (χ1v) is 9.08. The molecule has 6 heteroatoms. The minimum atomic E-state index is -0.0997. The zero-order valence-electron chi connectivity index (χ0n) is 14.7. The number of aryl methyl sites for hydroxylation is 1. The molecule has 0 radical (unpaired) electrons. The number of amides is 1. The summed E-state index contributed by atoms with van der Waals surface area (Å²) in [6.45, 7) is 8.27. The molecule has 1 fully saturated rings. The third-order valence-corrected chi connectivity index (χ3v) is 4.98. The lowest BCUT2D eigenvalue weighted by molar-refractivity contribution is -0.892. The maximum Gasteiger partial charge on any atom is 0.275 e. The van der Waals surface area contributed by atoms with Gasteiger partial charge < -0.3 is 19.5 Å². The number of anilines is 1. The van der Waals surface area contributed by atoms with Gasteiger partial charge in [-0.2, -0.15) is 0 Å². The van der Waals surface area contributed by atoms with Gasteiger partial charge in [-0.05, 0) is 43.7 Å². The van der Waals surface area contributed by atoms with Gasteiger partial charge in [0.1, 0.15) is 5.76 Å². The molecule has 0 aliphatic carbocycles. The van der Waals surface area contributed by atoms with Crippen molar-refractivity contribution in [3.8, 4) is 0 Å². The van der Waals surface area contributed by atoms with Gasteiger partial charge in [0.25, 0.3) is 5.91 Å². The topological polar surface area (TPSA) is 49.9 Å². The van der Waals surface area contributed by atoms with Crippen molar-refractivity contribution in [2.24, 2.45) is 0 Å². The van der Waals surface area contributed by atoms with Crippen molar-refractivity contribution in [1.82, 2.24) is 5.32 Å². The fraction of sp³-hybridized carbons (Fsp3) is 0.421. The van der Waals surface area contributed by atoms with E-state index in [2.05, 4.69) is 23.2 Å². The van der Waals surface area contributed by atoms with Gasteiger partial charge in [-0.3, -0.25) is 4.79 Å². The average Bonchev–Trinajstić information content (AvgIpc) is 3.12. The van der Waals surface area contributed by atoms with Crippen LogP contribution in [0.2, 0.25) is 5.02 Å². The summed E-state index contributed by atoms with van der Waals surface area (Å²) in [6.07, 6.45) is 1.63. The highest BCUT2D eigenvalue weighted by molar-refractivity contribution is 6.30. The maximum atomic E-state index is 12.3. The summed E-state index contributed by atoms with van der Waals surface area (Å²) in [6, 6.07) is 9.62. The minimum absolute atomic E-state index is 0.0614. The van der Waals surface area contributed by atoms with Crippen LogP contribution in [0.4, 0.5) is 5.69 Å². The molecule has 2 heterocycles. The van der Waals surface area contributed by atoms with E-state index >= 15 is 0 Å². The number of rotatable bonds is 5. The van der Waals surface area contributed by atoms with E-state index in [0.29, 0.717) is 6.54 Å². The number of halogens is 1. The molecule has 1 aromatic heterocycles. The molecule has 1 aliphatic heterocycles. The molecule has 2 N–H and O–H groups in total. The first-order valence-electron chi connectivity index (χ1n) is 8.70. The molecule has 0 spiro atoms. The van der Waals surface area contributed by atoms with Gasteiger partial charge in [-0.15, -0.1) is 0 Å². The van der Waals surface area contributed by atoms with Gasteiger partial charge >= 0.3 is 0 Å². The molecule has 0 saturated carbocycles. The number of hydrogen-bond donors (Lipinski definition) is 2. The highest BCUT2D eigenvalue weighted by atomic mass is 35.5. The van der Waals surface area contributed by atoms with Gasteiger partial charge in [-0.25, -0.2) is 0 Å². The number of furan rings is 1. The highest BCUT2D eigenvalue weighted by Gasteiger charge is 2.24. The molecule has 2 aromatic rings. The van der Waals surface area contributed by atoms with E-state index < -0.39 is 0 Å². The Balaban J connectivity index is 1.49. The van der Waals surface area contributed by atoms with Crippen LogP contribution in [-0.4, -0.2) is 38.6 Å². The molecule has 3 rings (SSSR count). The Morgan fingerprint density at radius 2 is 2.12 bits per heavy atom. The minimum Gasteiger partial charge on any atom is -0.467 e. The van der Waals surface area contributed by atoms with Crippen LogP contribution >= 0.6 is 11.6 Å². The molecular weight excluding hydrogens is 338 g/mol. The van der Waals surface area contributed by atoms with Gasteiger partial charge in [0.15, 0.2) is 6.54 Å². The molecular formula is C19H25ClN3O2+. The Bertz CT molecular complexity index is 709. The van der Waals surface area contributed by atoms with Crippen LogP contribution in [0.5, 0.6) is 0 Å². The van der Waals surface area contributed by atoms with Crippen molar-refractivity contribution >= 4 is 23.2 Å². The number of piperazine rings is 1. The van der Waals surface area contributed by atoms with E-state index in [9.17, 15) is 4.79 Å². The Morgan fingerprint density at radius 1 is 1.36 bits per heavy atom. The summed E-state index contributed by atoms with van der Waals surface area (Å²) in [4.78, 5) is 15.9. The second kappa shape index (κ2) is 7.93. The number of benzene rings is 1. The van der Waals surface area contributed by atoms with E-state index in [1.165, 1.54) is 16.2 Å². The molecule has 5 nitrogen and oxygen atoms in total. The lowest BCUT2D eigenvalue weighted by atomic mass is 10.1. The second-order valence-corrected chi connectivity index (χ2v) is 7.09. The van der Waals surface area contributed by atoms with Crippen LogP contribution < -0.4 is 15.1 Å². The number of nitrogens with zero attached hydrogens (tertiary/aromatic N) is 1. The number of carbonyl (C=O) groups is 1. The number of hydrogen-bond acceptors (Lipinski definition) is 3. The van der Waals surface area contributed by atoms with Crippen LogP contribution in [0, 0.1) is 6.92 Å². The summed E-state index contributed by atoms with van der Waals surface area (Å²) in [5, 5.41) is 3.77. The first kappa shape index (κ1) is 17.8. The van der Waals surface area contributed by atoms with Crippen molar-refractivity contribution in [3.63, 3.8) is 0 Å². The number of nitrogens with one attached hydrogen (secondary N) is 2. The third kappa shape index (κ3) is 4.55. The second-order valence-electron chi connectivity index (χ2n) is 6.65. The van der Waals surface area contributed by atoms with E-state index in [1.54, 1.807) is 6.26 Å². The van der Waals surface area contributed by atoms with Gasteiger partial charge in [0.05, 0.1) is 38.5 Å². The molecule has 1 aliphatic rings. The van der Waals surface area contributed by atoms with Crippen molar-refractivity contribution < 1.29 is 14.1 Å². The predicted octanol–water partition coefficient (Wildman–Crippen LogP) is 1.82. The molecule has 1 saturated heterocycles. The monoisotopic (exact) mass is 362 g/mol. The van der Waals surface area contributed by atoms with Crippen molar-refractivity contribution in [2.45, 2.75) is 19.9 Å². The fourth-order valence-electron chi connectivity index (χ4n) is 3.29. The third-order valence-electron chi connectivity index (χ3n) is 4.74. The quantitative estimate of drug-likeness (QED) is 0.853. The molecule has 1 aromatic carbocycles. The highest BCUT2D eigenvalue weighted by Crippen LogP contribution is 2.24. The summed E-state index contributed by atoms with van der Waals surface area (Å²) in [5.74, 6) is 0.843. The van der Waals surface area contributed by atoms with Crippen LogP contribution in [-0.2, 0) is 4.79 Å². The zero-order valence-corrected chi connectivity index (χ0v) is 15.5. The molecule has 1 atom stereocenters. The normalized spacial score (nSPS) is 16.7. The molecule has 0 bridgehead atoms. The van der Waals surface area contributed by atoms with E-state index in [4.69, 9.17) is 16.0 Å². The van der Waals surface area contributed by atoms with Gasteiger partial charge in [-0.1, -0.05) is 17.7 Å². The molecule has 1 amide bonds. The van der Waals surface area contributed by atoms with Crippen molar-refractivity contribution in [2.75, 3.05) is 37.6 Å². The lowest BCUT2D eigenvalue weighted by Crippen LogP contribution is -3.16. The lowest BCUT2D eigenvalue weighted by Gasteiger charge is -2.34. The Hall–Kier alpha value is -1.98. The Kier molecular flexibility index (Phi) is 5.66. The number of quaternary nitrogens is 1. The Morgan fingerprint density at radius 3 is 2.80 bits per heavy atom. The van der Waals surface area contributed by atoms with E-state index in [-0.39, 0.29) is 11.9 Å². The zero-order chi connectivity index (χ0) is 17.8. The molecule has 134 valence electrons. The van der Waals surface area contributed by atoms with E-state index in [1.807, 2.05) is 31.2 Å². The predicted molar refractivity (Wildman–Crippen MR) is 99.2 cm³/mol. The summed E-state index contributed by atoms with van der Waals surface area (Å²) < 4.78 is 5.33. The Labute approximate surface area is 153 Å². The SMILES string of the molecule is Cc1ccc(Cl)cc1N1CC[NH+](CC(=O)N[C@H](C)c2ccco2)CC1. The van der Waals surface area contributed by atoms with Crippen LogP contribution in [0.3, 0.4) is 0 Å². The largest absolute Gasteiger partial charge is 0.467 e. The van der Waals surface area contributed by atoms with Crippen molar-refractivity contribution in [3.05, 3.63) is 52.9 Å². The standard InChI is InChI=1S/C19H24ClN3O2/c1-14-5-6-16(20)12-17(14)23-9-7-22(8-10-23)13-19(24)21-15(2)18-4-3-11-25-18/h3-6,11-12,15H,7-10,13H2,1-2H3,(H,21,24)/p+1/t15-/m1/s1. The first-order chi connectivity index (χ1) is 12.0. The van der Waals surface area contributed by atoms with Crippen LogP contribution in [0.25, 0.3) is 0 Å². The van der Waals surface area contributed by atoms with Crippen LogP contribution in [0.15, 0.2) is 41.0 Å². The van der Waals surface area contributed by atoms with Gasteiger partial charge in [0, 0.05) is 10.7 Å². The molecule has 0 unspecified atom stereocenters. The van der Waals surface area contributed by atoms with Crippen LogP contribution in [0.1, 0.15) is 24.3 Å². The molecule has 25 heavy (non-hydrogen) atoms. The maximum absolute atomic E-state index is 12.3. The summed E-state index contributed by atoms with van der Waals surface area (Å²) in [5.41, 5.74) is 2.43.